The number of aldehydes is 1. The fourth-order valence-corrected chi connectivity index (χ4v) is 8.21. The number of nitrogens with zero attached hydrogens (tertiary/aromatic N) is 1. The van der Waals surface area contributed by atoms with Crippen LogP contribution in [-0.4, -0.2) is 108 Å². The van der Waals surface area contributed by atoms with Gasteiger partial charge < -0.3 is 43.2 Å². The van der Waals surface area contributed by atoms with E-state index in [4.69, 9.17) is 33.5 Å². The first-order valence-corrected chi connectivity index (χ1v) is 28.7. The molecule has 5 atom stereocenters. The molecule has 0 aliphatic carbocycles. The number of aliphatic hydroxyl groups excluding tert-OH is 1. The van der Waals surface area contributed by atoms with E-state index < -0.39 is 6.29 Å². The van der Waals surface area contributed by atoms with Crippen molar-refractivity contribution >= 4 is 12.3 Å². The van der Waals surface area contributed by atoms with Crippen molar-refractivity contribution in [3.63, 3.8) is 0 Å². The lowest BCUT2D eigenvalue weighted by Gasteiger charge is -2.25. The van der Waals surface area contributed by atoms with E-state index >= 15 is 0 Å². The van der Waals surface area contributed by atoms with Crippen molar-refractivity contribution in [3.8, 4) is 0 Å². The number of methoxy groups -OCH3 is 1. The summed E-state index contributed by atoms with van der Waals surface area (Å²) < 4.78 is 35.3. The number of unbranched alkanes of at least 4 members (excludes halogenated alkanes) is 6. The lowest BCUT2D eigenvalue weighted by Crippen LogP contribution is -2.27. The van der Waals surface area contributed by atoms with Gasteiger partial charge in [-0.2, -0.15) is 0 Å². The number of hydrogen-bond donors (Lipinski definition) is 1. The molecule has 0 saturated heterocycles. The molecule has 0 aromatic heterocycles. The maximum atomic E-state index is 12.7. The first-order chi connectivity index (χ1) is 35.7. The molecule has 0 radical (unpaired) electrons. The maximum Gasteiger partial charge on any atom is 0.305 e. The quantitative estimate of drug-likeness (QED) is 0.0208. The Morgan fingerprint density at radius 2 is 0.840 bits per heavy atom. The maximum absolute atomic E-state index is 12.7. The third-order valence-electron chi connectivity index (χ3n) is 13.6. The van der Waals surface area contributed by atoms with Gasteiger partial charge >= 0.3 is 5.97 Å². The Kier molecular flexibility index (Phi) is 48.3. The first kappa shape index (κ1) is 73.9. The van der Waals surface area contributed by atoms with E-state index in [1.807, 2.05) is 41.5 Å². The molecule has 1 N–H and O–H groups in total. The second-order valence-electron chi connectivity index (χ2n) is 21.9. The number of hydrogen-bond acceptors (Lipinski definition) is 10. The Bertz CT molecular complexity index is 1560. The molecule has 0 bridgehead atoms. The minimum atomic E-state index is -0.499. The summed E-state index contributed by atoms with van der Waals surface area (Å²) in [5.74, 6) is 0.903. The van der Waals surface area contributed by atoms with Crippen LogP contribution in [-0.2, 0) is 38.0 Å². The molecule has 0 aliphatic rings. The van der Waals surface area contributed by atoms with Gasteiger partial charge in [0.05, 0.1) is 39.5 Å². The van der Waals surface area contributed by atoms with Crippen LogP contribution in [0.5, 0.6) is 0 Å². The Morgan fingerprint density at radius 1 is 0.453 bits per heavy atom. The van der Waals surface area contributed by atoms with Crippen LogP contribution in [0.1, 0.15) is 197 Å². The number of carbonyl (C=O) groups excluding carboxylic acids is 2. The van der Waals surface area contributed by atoms with Crippen LogP contribution in [0.25, 0.3) is 0 Å². The minimum absolute atomic E-state index is 0.205. The standard InChI is InChI=1S/C40H73NO6.C25H42O3/c1-33(2)19-21-37(35(5)6)31-46-40(47-32-38(36(7)8)22-20-34(3)4)24-23-39(43)45-30-18-11-10-13-25-41(27-15-16-28-42)26-14-12-17-29-44-9;1-19(2)11-13-23(21(5)6)15-17-27-25(10-9-16-26)28-18-24(22(7)8)14-12-20(3)4/h37-38,40,42H,1,3,5,7,10-32H2,2,4,6,8-9H3;16,23-25H,1,3,5,7,9-15,17-18H2,2,4,6,8H3. The van der Waals surface area contributed by atoms with E-state index in [0.717, 1.165) is 163 Å². The van der Waals surface area contributed by atoms with Crippen LogP contribution < -0.4 is 0 Å². The zero-order chi connectivity index (χ0) is 56.8. The van der Waals surface area contributed by atoms with Crippen LogP contribution in [0.3, 0.4) is 0 Å². The van der Waals surface area contributed by atoms with E-state index in [1.54, 1.807) is 7.11 Å². The predicted octanol–water partition coefficient (Wildman–Crippen LogP) is 16.0. The Balaban J connectivity index is 0. The topological polar surface area (TPSA) is 113 Å². The molecular weight excluding hydrogens is 939 g/mol. The lowest BCUT2D eigenvalue weighted by molar-refractivity contribution is -0.165. The van der Waals surface area contributed by atoms with Crippen LogP contribution in [0.4, 0.5) is 0 Å². The van der Waals surface area contributed by atoms with Crippen molar-refractivity contribution in [1.82, 2.24) is 4.90 Å². The van der Waals surface area contributed by atoms with Crippen molar-refractivity contribution in [1.29, 1.82) is 0 Å². The van der Waals surface area contributed by atoms with E-state index in [9.17, 15) is 9.59 Å². The molecule has 0 aliphatic heterocycles. The monoisotopic (exact) mass is 1050 g/mol. The van der Waals surface area contributed by atoms with Crippen molar-refractivity contribution in [2.45, 2.75) is 209 Å². The van der Waals surface area contributed by atoms with Crippen LogP contribution in [0, 0.1) is 23.7 Å². The second-order valence-corrected chi connectivity index (χ2v) is 21.9. The molecule has 434 valence electrons. The average Bonchev–Trinajstić information content (AvgIpc) is 3.33. The molecule has 0 rings (SSSR count). The molecule has 0 saturated carbocycles. The molecule has 0 aromatic carbocycles. The summed E-state index contributed by atoms with van der Waals surface area (Å²) in [5.41, 5.74) is 9.11. The number of esters is 1. The van der Waals surface area contributed by atoms with E-state index in [0.29, 0.717) is 58.2 Å². The molecule has 75 heavy (non-hydrogen) atoms. The minimum Gasteiger partial charge on any atom is -0.466 e. The number of aliphatic hydroxyl groups is 1. The van der Waals surface area contributed by atoms with Gasteiger partial charge in [0, 0.05) is 57.3 Å². The Morgan fingerprint density at radius 3 is 1.24 bits per heavy atom. The highest BCUT2D eigenvalue weighted by Gasteiger charge is 2.21. The molecule has 0 heterocycles. The zero-order valence-electron chi connectivity index (χ0n) is 50.0. The number of carbonyl (C=O) groups is 2. The SMILES string of the molecule is C=C(C)CCC(CCOC(CCC=O)OCC(CCC(=C)C)C(=C)C)C(=C)C.C=C(C)CCC(COC(CCC(=O)OCCCCCCN(CCCCO)CCCCCOC)OCC(CCC(=C)C)C(=C)C)C(=C)C. The highest BCUT2D eigenvalue weighted by Crippen LogP contribution is 2.25. The van der Waals surface area contributed by atoms with Gasteiger partial charge in [0.15, 0.2) is 12.6 Å². The first-order valence-electron chi connectivity index (χ1n) is 28.7. The molecule has 10 heteroatoms. The molecule has 0 fully saturated rings. The largest absolute Gasteiger partial charge is 0.466 e. The number of rotatable bonds is 52. The number of ether oxygens (including phenoxy) is 6. The average molecular weight is 1050 g/mol. The van der Waals surface area contributed by atoms with E-state index in [-0.39, 0.29) is 43.0 Å². The second kappa shape index (κ2) is 49.1. The summed E-state index contributed by atoms with van der Waals surface area (Å²) in [6.45, 7) is 55.8. The molecule has 0 aromatic rings. The van der Waals surface area contributed by atoms with Crippen LogP contribution >= 0.6 is 0 Å². The van der Waals surface area contributed by atoms with Gasteiger partial charge in [0.1, 0.15) is 6.29 Å². The smallest absolute Gasteiger partial charge is 0.305 e. The summed E-state index contributed by atoms with van der Waals surface area (Å²) in [4.78, 5) is 26.0. The third kappa shape index (κ3) is 46.6. The van der Waals surface area contributed by atoms with Gasteiger partial charge in [-0.15, -0.1) is 26.3 Å². The summed E-state index contributed by atoms with van der Waals surface area (Å²) in [7, 11) is 1.75. The fraction of sp³-hybridized carbons (Fsp3) is 0.723. The molecule has 0 amide bonds. The van der Waals surface area contributed by atoms with Crippen LogP contribution in [0.15, 0.2) is 97.2 Å². The lowest BCUT2D eigenvalue weighted by atomic mass is 9.92. The zero-order valence-corrected chi connectivity index (χ0v) is 50.0. The fourth-order valence-electron chi connectivity index (χ4n) is 8.21. The summed E-state index contributed by atoms with van der Waals surface area (Å²) in [5, 5.41) is 9.15. The highest BCUT2D eigenvalue weighted by atomic mass is 16.7. The molecule has 0 spiro atoms. The van der Waals surface area contributed by atoms with Gasteiger partial charge in [0.25, 0.3) is 0 Å². The van der Waals surface area contributed by atoms with Gasteiger partial charge in [-0.1, -0.05) is 83.7 Å². The van der Waals surface area contributed by atoms with E-state index in [1.165, 1.54) is 29.6 Å². The molecule has 5 unspecified atom stereocenters. The normalized spacial score (nSPS) is 13.6. The van der Waals surface area contributed by atoms with E-state index in [2.05, 4.69) is 71.4 Å². The highest BCUT2D eigenvalue weighted by molar-refractivity contribution is 5.69. The van der Waals surface area contributed by atoms with Gasteiger partial charge in [-0.25, -0.2) is 0 Å². The molecular formula is C65H115NO9. The van der Waals surface area contributed by atoms with Gasteiger partial charge in [-0.05, 0) is 184 Å². The predicted molar refractivity (Wildman–Crippen MR) is 318 cm³/mol. The third-order valence-corrected chi connectivity index (χ3v) is 13.6. The van der Waals surface area contributed by atoms with Crippen molar-refractivity contribution in [2.24, 2.45) is 23.7 Å². The summed E-state index contributed by atoms with van der Waals surface area (Å²) in [6.07, 6.45) is 19.9. The molecule has 10 nitrogen and oxygen atoms in total. The Hall–Kier alpha value is -3.22. The number of allylic oxidation sites excluding steroid dienone is 5. The summed E-state index contributed by atoms with van der Waals surface area (Å²) in [6, 6.07) is 0. The van der Waals surface area contributed by atoms with Crippen molar-refractivity contribution < 1.29 is 43.1 Å². The van der Waals surface area contributed by atoms with Crippen molar-refractivity contribution in [2.75, 3.05) is 73.0 Å². The Labute approximate surface area is 461 Å². The van der Waals surface area contributed by atoms with Crippen LogP contribution in [0.2, 0.25) is 0 Å². The summed E-state index contributed by atoms with van der Waals surface area (Å²) >= 11 is 0. The van der Waals surface area contributed by atoms with Crippen molar-refractivity contribution in [3.05, 3.63) is 97.2 Å². The van der Waals surface area contributed by atoms with Gasteiger partial charge in [-0.3, -0.25) is 4.79 Å². The van der Waals surface area contributed by atoms with Gasteiger partial charge in [0.2, 0.25) is 0 Å².